The lowest BCUT2D eigenvalue weighted by Crippen LogP contribution is -2.55. The van der Waals surface area contributed by atoms with Crippen LogP contribution < -0.4 is 5.73 Å². The van der Waals surface area contributed by atoms with Crippen molar-refractivity contribution in [2.75, 3.05) is 0 Å². The van der Waals surface area contributed by atoms with Gasteiger partial charge in [-0.3, -0.25) is 9.59 Å². The predicted octanol–water partition coefficient (Wildman–Crippen LogP) is 1.04. The molecule has 0 radical (unpaired) electrons. The average Bonchev–Trinajstić information content (AvgIpc) is 2.80. The second-order valence-electron chi connectivity index (χ2n) is 10.0. The van der Waals surface area contributed by atoms with E-state index in [0.717, 1.165) is 0 Å². The molecular formula is C26H29NO9. The van der Waals surface area contributed by atoms with Gasteiger partial charge in [-0.1, -0.05) is 12.1 Å². The molecule has 3 aliphatic rings. The van der Waals surface area contributed by atoms with Gasteiger partial charge in [0.25, 0.3) is 0 Å². The highest BCUT2D eigenvalue weighted by molar-refractivity contribution is 6.30. The number of ketones is 2. The van der Waals surface area contributed by atoms with Crippen LogP contribution >= 0.6 is 0 Å². The Balaban J connectivity index is 1.63. The zero-order chi connectivity index (χ0) is 26.1. The molecule has 2 aromatic carbocycles. The lowest BCUT2D eigenvalue weighted by atomic mass is 9.69. The van der Waals surface area contributed by atoms with E-state index in [1.165, 1.54) is 19.1 Å². The van der Waals surface area contributed by atoms with E-state index in [4.69, 9.17) is 15.2 Å². The number of phenols is 2. The van der Waals surface area contributed by atoms with Gasteiger partial charge in [0.2, 0.25) is 0 Å². The molecule has 0 saturated carbocycles. The average molecular weight is 500 g/mol. The van der Waals surface area contributed by atoms with Crippen LogP contribution in [0, 0.1) is 0 Å². The summed E-state index contributed by atoms with van der Waals surface area (Å²) >= 11 is 0. The van der Waals surface area contributed by atoms with Crippen molar-refractivity contribution in [3.63, 3.8) is 0 Å². The van der Waals surface area contributed by atoms with Crippen molar-refractivity contribution in [1.29, 1.82) is 0 Å². The number of Topliss-reactive ketones (excluding diaryl/α,β-unsaturated/α-hetero) is 2. The quantitative estimate of drug-likeness (QED) is 0.357. The van der Waals surface area contributed by atoms with Gasteiger partial charge in [-0.05, 0) is 31.4 Å². The van der Waals surface area contributed by atoms with Crippen LogP contribution in [0.15, 0.2) is 35.4 Å². The van der Waals surface area contributed by atoms with E-state index in [1.54, 1.807) is 19.1 Å². The van der Waals surface area contributed by atoms with Crippen LogP contribution in [0.2, 0.25) is 0 Å². The van der Waals surface area contributed by atoms with Gasteiger partial charge in [0, 0.05) is 42.0 Å². The van der Waals surface area contributed by atoms with Crippen LogP contribution in [0.1, 0.15) is 53.8 Å². The third kappa shape index (κ3) is 3.73. The minimum Gasteiger partial charge on any atom is -0.507 e. The number of aliphatic hydroxyl groups excluding tert-OH is 2. The van der Waals surface area contributed by atoms with E-state index in [9.17, 15) is 35.1 Å². The second-order valence-corrected chi connectivity index (χ2v) is 10.0. The first-order chi connectivity index (χ1) is 16.9. The Morgan fingerprint density at radius 2 is 1.94 bits per heavy atom. The second kappa shape index (κ2) is 8.62. The van der Waals surface area contributed by atoms with Crippen LogP contribution in [0.3, 0.4) is 0 Å². The molecule has 5 rings (SSSR count). The number of aromatic hydroxyl groups is 2. The number of carbonyl (C=O) groups is 2. The number of hydrogen-bond acceptors (Lipinski definition) is 10. The van der Waals surface area contributed by atoms with Crippen LogP contribution in [0.5, 0.6) is 11.5 Å². The number of hydrogen-bond donors (Lipinski definition) is 6. The minimum atomic E-state index is -1.77. The Hall–Kier alpha value is -2.86. The summed E-state index contributed by atoms with van der Waals surface area (Å²) in [5.41, 5.74) is 3.87. The zero-order valence-corrected chi connectivity index (χ0v) is 19.8. The van der Waals surface area contributed by atoms with Gasteiger partial charge in [-0.2, -0.15) is 0 Å². The van der Waals surface area contributed by atoms with Crippen LogP contribution in [0.4, 0.5) is 0 Å². The smallest absolute Gasteiger partial charge is 0.196 e. The van der Waals surface area contributed by atoms with Gasteiger partial charge in [-0.25, -0.2) is 0 Å². The molecule has 1 heterocycles. The minimum absolute atomic E-state index is 0.0146. The molecule has 1 fully saturated rings. The maximum absolute atomic E-state index is 13.8. The summed E-state index contributed by atoms with van der Waals surface area (Å²) in [6.07, 6.45) is -5.35. The summed E-state index contributed by atoms with van der Waals surface area (Å²) in [7, 11) is 0. The maximum atomic E-state index is 13.8. The van der Waals surface area contributed by atoms with Crippen molar-refractivity contribution in [2.45, 2.75) is 75.5 Å². The Bertz CT molecular complexity index is 1290. The normalized spacial score (nSPS) is 33.4. The fraction of sp³-hybridized carbons (Fsp3) is 0.462. The van der Waals surface area contributed by atoms with E-state index in [-0.39, 0.29) is 52.7 Å². The van der Waals surface area contributed by atoms with Crippen molar-refractivity contribution in [1.82, 2.24) is 0 Å². The molecule has 1 unspecified atom stereocenters. The Morgan fingerprint density at radius 1 is 1.22 bits per heavy atom. The standard InChI is InChI=1S/C26H29NO9/c1-10-22(30)15(27)7-18(35-10)36-17-9-26(34,11(2)28)8-14-20(17)25(33)21-13(23(14)31)6-12-4-3-5-16(29)19(12)24(21)32/h3-6,10-11,15,17-18,22,28-30,32,34H,7-9,27H2,1-2H3/t10-,11?,15-,17-,18-,22+,26-/m0/s1. The molecule has 192 valence electrons. The molecule has 7 atom stereocenters. The first-order valence-corrected chi connectivity index (χ1v) is 11.9. The highest BCUT2D eigenvalue weighted by Gasteiger charge is 2.50. The number of rotatable bonds is 3. The molecule has 10 heteroatoms. The SMILES string of the molecule is CC(O)[C@]1(O)CC2=C(C(=O)c3c(cc4cccc(O)c4c3O)C2=O)[C@@H](O[C@H]2C[C@H](N)[C@H](O)[C@H](C)O2)C1. The van der Waals surface area contributed by atoms with Crippen LogP contribution in [-0.4, -0.2) is 79.4 Å². The topological polar surface area (TPSA) is 180 Å². The van der Waals surface area contributed by atoms with Gasteiger partial charge in [0.1, 0.15) is 11.5 Å². The number of phenolic OH excluding ortho intramolecular Hbond substituents is 2. The third-order valence-corrected chi connectivity index (χ3v) is 7.62. The van der Waals surface area contributed by atoms with Gasteiger partial charge < -0.3 is 40.7 Å². The highest BCUT2D eigenvalue weighted by Crippen LogP contribution is 2.47. The molecule has 0 bridgehead atoms. The van der Waals surface area contributed by atoms with Crippen molar-refractivity contribution in [2.24, 2.45) is 5.73 Å². The summed E-state index contributed by atoms with van der Waals surface area (Å²) in [4.78, 5) is 27.5. The number of fused-ring (bicyclic) bond motifs is 2. The number of carbonyl (C=O) groups excluding carboxylic acids is 2. The molecule has 10 nitrogen and oxygen atoms in total. The fourth-order valence-electron chi connectivity index (χ4n) is 5.49. The fourth-order valence-corrected chi connectivity index (χ4v) is 5.49. The highest BCUT2D eigenvalue weighted by atomic mass is 16.7. The molecule has 2 aliphatic carbocycles. The molecule has 0 amide bonds. The van der Waals surface area contributed by atoms with E-state index < -0.39 is 59.7 Å². The maximum Gasteiger partial charge on any atom is 0.196 e. The molecule has 1 aliphatic heterocycles. The van der Waals surface area contributed by atoms with Crippen molar-refractivity contribution < 1.29 is 44.6 Å². The number of aliphatic hydroxyl groups is 3. The molecule has 1 saturated heterocycles. The summed E-state index contributed by atoms with van der Waals surface area (Å²) in [5, 5.41) is 53.4. The molecule has 2 aromatic rings. The summed E-state index contributed by atoms with van der Waals surface area (Å²) in [5.74, 6) is -2.02. The Labute approximate surface area is 206 Å². The van der Waals surface area contributed by atoms with Gasteiger partial charge in [0.05, 0.1) is 41.0 Å². The first-order valence-electron chi connectivity index (χ1n) is 11.9. The van der Waals surface area contributed by atoms with E-state index in [2.05, 4.69) is 0 Å². The van der Waals surface area contributed by atoms with Crippen LogP contribution in [-0.2, 0) is 9.47 Å². The Morgan fingerprint density at radius 3 is 2.61 bits per heavy atom. The van der Waals surface area contributed by atoms with E-state index >= 15 is 0 Å². The predicted molar refractivity (Wildman–Crippen MR) is 127 cm³/mol. The van der Waals surface area contributed by atoms with Gasteiger partial charge in [0.15, 0.2) is 17.9 Å². The largest absolute Gasteiger partial charge is 0.507 e. The molecule has 7 N–H and O–H groups in total. The van der Waals surface area contributed by atoms with E-state index in [0.29, 0.717) is 5.39 Å². The summed E-state index contributed by atoms with van der Waals surface area (Å²) in [6.45, 7) is 3.01. The molecule has 0 aromatic heterocycles. The van der Waals surface area contributed by atoms with Crippen molar-refractivity contribution in [3.05, 3.63) is 46.5 Å². The molecule has 0 spiro atoms. The monoisotopic (exact) mass is 499 g/mol. The van der Waals surface area contributed by atoms with E-state index in [1.807, 2.05) is 0 Å². The van der Waals surface area contributed by atoms with Gasteiger partial charge >= 0.3 is 0 Å². The number of ether oxygens (including phenoxy) is 2. The summed E-state index contributed by atoms with van der Waals surface area (Å²) in [6, 6.07) is 5.27. The molecule has 36 heavy (non-hydrogen) atoms. The number of benzene rings is 2. The first kappa shape index (κ1) is 24.8. The molecular weight excluding hydrogens is 470 g/mol. The zero-order valence-electron chi connectivity index (χ0n) is 19.8. The van der Waals surface area contributed by atoms with Gasteiger partial charge in [-0.15, -0.1) is 0 Å². The summed E-state index contributed by atoms with van der Waals surface area (Å²) < 4.78 is 11.8. The lowest BCUT2D eigenvalue weighted by molar-refractivity contribution is -0.242. The van der Waals surface area contributed by atoms with Crippen LogP contribution in [0.25, 0.3) is 10.8 Å². The lowest BCUT2D eigenvalue weighted by Gasteiger charge is -2.44. The number of nitrogens with two attached hydrogens (primary N) is 1. The Kier molecular flexibility index (Phi) is 5.94. The third-order valence-electron chi connectivity index (χ3n) is 7.62. The van der Waals surface area contributed by atoms with Crippen molar-refractivity contribution >= 4 is 22.3 Å². The van der Waals surface area contributed by atoms with Crippen molar-refractivity contribution in [3.8, 4) is 11.5 Å².